The molecule has 0 aromatic heterocycles. The molecule has 0 spiro atoms. The van der Waals surface area contributed by atoms with Crippen LogP contribution in [0.2, 0.25) is 0 Å². The molecule has 1 heterocycles. The normalized spacial score (nSPS) is 17.5. The number of hydrogen-bond acceptors (Lipinski definition) is 5. The average Bonchev–Trinajstić information content (AvgIpc) is 2.43. The minimum atomic E-state index is 1.05. The summed E-state index contributed by atoms with van der Waals surface area (Å²) >= 11 is 0. The molecule has 3 N–H and O–H groups in total. The maximum atomic E-state index is 3.46. The van der Waals surface area contributed by atoms with Crippen molar-refractivity contribution in [1.29, 1.82) is 0 Å². The van der Waals surface area contributed by atoms with Crippen molar-refractivity contribution in [2.45, 2.75) is 6.92 Å². The topological polar surface area (TPSA) is 42.6 Å². The van der Waals surface area contributed by atoms with Gasteiger partial charge in [0.2, 0.25) is 0 Å². The first kappa shape index (κ1) is 15.9. The fourth-order valence-electron chi connectivity index (χ4n) is 2.22. The van der Waals surface area contributed by atoms with E-state index in [1.807, 2.05) is 7.05 Å². The Morgan fingerprint density at radius 2 is 1.89 bits per heavy atom. The smallest absolute Gasteiger partial charge is 0.0110 e. The fourth-order valence-corrected chi connectivity index (χ4v) is 2.22. The maximum absolute atomic E-state index is 3.46. The van der Waals surface area contributed by atoms with E-state index in [0.29, 0.717) is 0 Å². The summed E-state index contributed by atoms with van der Waals surface area (Å²) in [6.07, 6.45) is 0. The Hall–Kier alpha value is -0.200. The van der Waals surface area contributed by atoms with E-state index in [1.54, 1.807) is 0 Å². The summed E-state index contributed by atoms with van der Waals surface area (Å²) in [6.45, 7) is 14.9. The zero-order valence-electron chi connectivity index (χ0n) is 12.2. The molecule has 108 valence electrons. The van der Waals surface area contributed by atoms with E-state index in [4.69, 9.17) is 0 Å². The Kier molecular flexibility index (Phi) is 9.42. The lowest BCUT2D eigenvalue weighted by atomic mass is 10.3. The number of piperazine rings is 1. The summed E-state index contributed by atoms with van der Waals surface area (Å²) in [5.74, 6) is 0. The standard InChI is InChI=1S/C13H31N5/c1-3-17(9-6-15-5-4-14-2)12-13-18-10-7-16-8-11-18/h14-16H,3-13H2,1-2H3. The molecular weight excluding hydrogens is 226 g/mol. The molecule has 0 atom stereocenters. The van der Waals surface area contributed by atoms with Crippen molar-refractivity contribution in [2.24, 2.45) is 0 Å². The van der Waals surface area contributed by atoms with Crippen LogP contribution in [-0.4, -0.2) is 88.8 Å². The summed E-state index contributed by atoms with van der Waals surface area (Å²) in [6, 6.07) is 0. The third kappa shape index (κ3) is 7.28. The largest absolute Gasteiger partial charge is 0.318 e. The van der Waals surface area contributed by atoms with Crippen LogP contribution in [0.1, 0.15) is 6.92 Å². The molecule has 1 fully saturated rings. The average molecular weight is 257 g/mol. The Labute approximate surface area is 112 Å². The highest BCUT2D eigenvalue weighted by Crippen LogP contribution is 1.94. The van der Waals surface area contributed by atoms with E-state index in [9.17, 15) is 0 Å². The van der Waals surface area contributed by atoms with Crippen molar-refractivity contribution in [3.8, 4) is 0 Å². The van der Waals surface area contributed by atoms with Crippen molar-refractivity contribution in [1.82, 2.24) is 25.8 Å². The number of rotatable bonds is 10. The number of likely N-dealkylation sites (N-methyl/N-ethyl adjacent to an activating group) is 2. The van der Waals surface area contributed by atoms with Crippen LogP contribution in [0.25, 0.3) is 0 Å². The first-order valence-electron chi connectivity index (χ1n) is 7.37. The highest BCUT2D eigenvalue weighted by molar-refractivity contribution is 4.69. The fraction of sp³-hybridized carbons (Fsp3) is 1.00. The first-order valence-corrected chi connectivity index (χ1v) is 7.37. The van der Waals surface area contributed by atoms with Gasteiger partial charge >= 0.3 is 0 Å². The van der Waals surface area contributed by atoms with E-state index in [2.05, 4.69) is 32.7 Å². The van der Waals surface area contributed by atoms with E-state index >= 15 is 0 Å². The van der Waals surface area contributed by atoms with Crippen molar-refractivity contribution >= 4 is 0 Å². The Bertz CT molecular complexity index is 182. The lowest BCUT2D eigenvalue weighted by Gasteiger charge is -2.30. The summed E-state index contributed by atoms with van der Waals surface area (Å²) in [7, 11) is 1.99. The zero-order valence-corrected chi connectivity index (χ0v) is 12.2. The van der Waals surface area contributed by atoms with E-state index in [-0.39, 0.29) is 0 Å². The van der Waals surface area contributed by atoms with Gasteiger partial charge in [-0.1, -0.05) is 6.92 Å². The van der Waals surface area contributed by atoms with Crippen molar-refractivity contribution in [2.75, 3.05) is 79.0 Å². The monoisotopic (exact) mass is 257 g/mol. The SMILES string of the molecule is CCN(CCNCCNC)CCN1CCNCC1. The Balaban J connectivity index is 2.01. The second kappa shape index (κ2) is 10.7. The van der Waals surface area contributed by atoms with Gasteiger partial charge in [-0.3, -0.25) is 4.90 Å². The van der Waals surface area contributed by atoms with Gasteiger partial charge in [0, 0.05) is 65.4 Å². The van der Waals surface area contributed by atoms with E-state index in [1.165, 1.54) is 26.2 Å². The number of nitrogens with zero attached hydrogens (tertiary/aromatic N) is 2. The lowest BCUT2D eigenvalue weighted by Crippen LogP contribution is -2.47. The van der Waals surface area contributed by atoms with Gasteiger partial charge < -0.3 is 20.9 Å². The molecule has 5 heteroatoms. The molecule has 1 saturated heterocycles. The van der Waals surface area contributed by atoms with E-state index < -0.39 is 0 Å². The van der Waals surface area contributed by atoms with Crippen LogP contribution in [0.3, 0.4) is 0 Å². The quantitative estimate of drug-likeness (QED) is 0.439. The van der Waals surface area contributed by atoms with Crippen LogP contribution in [0, 0.1) is 0 Å². The Morgan fingerprint density at radius 3 is 2.56 bits per heavy atom. The van der Waals surface area contributed by atoms with Gasteiger partial charge in [-0.15, -0.1) is 0 Å². The number of hydrogen-bond donors (Lipinski definition) is 3. The predicted octanol–water partition coefficient (Wildman–Crippen LogP) is -0.977. The Morgan fingerprint density at radius 1 is 1.11 bits per heavy atom. The van der Waals surface area contributed by atoms with Gasteiger partial charge in [0.05, 0.1) is 0 Å². The van der Waals surface area contributed by atoms with Crippen molar-refractivity contribution < 1.29 is 0 Å². The third-order valence-electron chi connectivity index (χ3n) is 3.55. The van der Waals surface area contributed by atoms with Gasteiger partial charge in [0.25, 0.3) is 0 Å². The highest BCUT2D eigenvalue weighted by Gasteiger charge is 2.10. The molecule has 1 aliphatic rings. The minimum absolute atomic E-state index is 1.05. The molecule has 0 aliphatic carbocycles. The highest BCUT2D eigenvalue weighted by atomic mass is 15.2. The molecule has 18 heavy (non-hydrogen) atoms. The van der Waals surface area contributed by atoms with Gasteiger partial charge in [-0.25, -0.2) is 0 Å². The second-order valence-electron chi connectivity index (χ2n) is 4.88. The van der Waals surface area contributed by atoms with Gasteiger partial charge in [0.1, 0.15) is 0 Å². The second-order valence-corrected chi connectivity index (χ2v) is 4.88. The molecule has 1 aliphatic heterocycles. The van der Waals surface area contributed by atoms with Gasteiger partial charge in [0.15, 0.2) is 0 Å². The molecule has 0 unspecified atom stereocenters. The van der Waals surface area contributed by atoms with Crippen LogP contribution >= 0.6 is 0 Å². The van der Waals surface area contributed by atoms with Crippen LogP contribution in [0.15, 0.2) is 0 Å². The molecule has 0 aromatic carbocycles. The van der Waals surface area contributed by atoms with Crippen LogP contribution in [0.4, 0.5) is 0 Å². The third-order valence-corrected chi connectivity index (χ3v) is 3.55. The first-order chi connectivity index (χ1) is 8.86. The molecule has 0 aromatic rings. The predicted molar refractivity (Wildman–Crippen MR) is 78.2 cm³/mol. The zero-order chi connectivity index (χ0) is 13.1. The van der Waals surface area contributed by atoms with Crippen molar-refractivity contribution in [3.05, 3.63) is 0 Å². The molecule has 0 bridgehead atoms. The maximum Gasteiger partial charge on any atom is 0.0110 e. The molecular formula is C13H31N5. The number of nitrogens with one attached hydrogen (secondary N) is 3. The van der Waals surface area contributed by atoms with Crippen molar-refractivity contribution in [3.63, 3.8) is 0 Å². The molecule has 0 saturated carbocycles. The summed E-state index contributed by atoms with van der Waals surface area (Å²) in [5, 5.41) is 10.0. The molecule has 1 rings (SSSR count). The van der Waals surface area contributed by atoms with Gasteiger partial charge in [-0.05, 0) is 13.6 Å². The van der Waals surface area contributed by atoms with Crippen LogP contribution < -0.4 is 16.0 Å². The lowest BCUT2D eigenvalue weighted by molar-refractivity contribution is 0.193. The molecule has 0 radical (unpaired) electrons. The summed E-state index contributed by atoms with van der Waals surface area (Å²) in [5.41, 5.74) is 0. The minimum Gasteiger partial charge on any atom is -0.318 e. The van der Waals surface area contributed by atoms with E-state index in [0.717, 1.165) is 45.8 Å². The summed E-state index contributed by atoms with van der Waals surface area (Å²) in [4.78, 5) is 5.10. The van der Waals surface area contributed by atoms with Crippen LogP contribution in [0.5, 0.6) is 0 Å². The van der Waals surface area contributed by atoms with Crippen LogP contribution in [-0.2, 0) is 0 Å². The van der Waals surface area contributed by atoms with Gasteiger partial charge in [-0.2, -0.15) is 0 Å². The molecule has 5 nitrogen and oxygen atoms in total. The molecule has 0 amide bonds. The summed E-state index contributed by atoms with van der Waals surface area (Å²) < 4.78 is 0.